The summed E-state index contributed by atoms with van der Waals surface area (Å²) in [6.45, 7) is 1.26. The first-order valence-corrected chi connectivity index (χ1v) is 4.96. The number of aliphatic hydroxyl groups is 1. The normalized spacial score (nSPS) is 17.4. The van der Waals surface area contributed by atoms with Gasteiger partial charge < -0.3 is 20.6 Å². The Morgan fingerprint density at radius 3 is 2.42 bits per heavy atom. The molecule has 0 saturated heterocycles. The van der Waals surface area contributed by atoms with Gasteiger partial charge in [-0.05, 0) is 19.8 Å². The number of phosphoric acid groups is 1. The maximum atomic E-state index is 10.3. The Balaban J connectivity index is 3.95. The molecular formula is C5H14NO5P. The van der Waals surface area contributed by atoms with Crippen LogP contribution in [0, 0.1) is 0 Å². The number of hydrogen-bond donors (Lipinski definition) is 4. The Kier molecular flexibility index (Phi) is 4.33. The molecule has 1 atom stereocenters. The largest absolute Gasteiger partial charge is 0.471 e. The number of phosphoric ester groups is 1. The highest BCUT2D eigenvalue weighted by atomic mass is 31.2. The topological polar surface area (TPSA) is 113 Å². The first kappa shape index (κ1) is 12.0. The molecule has 74 valence electrons. The number of hydrogen-bond acceptors (Lipinski definition) is 4. The van der Waals surface area contributed by atoms with Gasteiger partial charge in [0, 0.05) is 6.61 Å². The fraction of sp³-hybridized carbons (Fsp3) is 1.00. The summed E-state index contributed by atoms with van der Waals surface area (Å²) in [5, 5.41) is 8.42. The van der Waals surface area contributed by atoms with Gasteiger partial charge in [0.15, 0.2) is 0 Å². The van der Waals surface area contributed by atoms with Crippen LogP contribution in [0.5, 0.6) is 0 Å². The van der Waals surface area contributed by atoms with Gasteiger partial charge in [-0.25, -0.2) is 4.57 Å². The van der Waals surface area contributed by atoms with Crippen molar-refractivity contribution in [2.75, 3.05) is 6.61 Å². The first-order valence-electron chi connectivity index (χ1n) is 3.43. The van der Waals surface area contributed by atoms with Crippen molar-refractivity contribution in [3.05, 3.63) is 0 Å². The van der Waals surface area contributed by atoms with Crippen LogP contribution in [0.25, 0.3) is 0 Å². The highest BCUT2D eigenvalue weighted by Crippen LogP contribution is 2.40. The fourth-order valence-electron chi connectivity index (χ4n) is 0.747. The molecule has 0 aromatic heterocycles. The third kappa shape index (κ3) is 6.72. The molecule has 0 aromatic carbocycles. The highest BCUT2D eigenvalue weighted by molar-refractivity contribution is 7.46. The van der Waals surface area contributed by atoms with Crippen LogP contribution in [-0.4, -0.2) is 27.2 Å². The molecule has 0 rings (SSSR count). The molecule has 0 aliphatic heterocycles. The van der Waals surface area contributed by atoms with E-state index in [4.69, 9.17) is 20.6 Å². The van der Waals surface area contributed by atoms with Crippen molar-refractivity contribution < 1.29 is 24.0 Å². The van der Waals surface area contributed by atoms with Gasteiger partial charge >= 0.3 is 7.82 Å². The average molecular weight is 199 g/mol. The molecule has 0 bridgehead atoms. The maximum absolute atomic E-state index is 10.3. The summed E-state index contributed by atoms with van der Waals surface area (Å²) >= 11 is 0. The smallest absolute Gasteiger partial charge is 0.396 e. The molecule has 0 aliphatic carbocycles. The van der Waals surface area contributed by atoms with E-state index >= 15 is 0 Å². The van der Waals surface area contributed by atoms with Crippen molar-refractivity contribution in [1.82, 2.24) is 0 Å². The van der Waals surface area contributed by atoms with E-state index in [1.54, 1.807) is 0 Å². The minimum absolute atomic E-state index is 0.0860. The van der Waals surface area contributed by atoms with Crippen molar-refractivity contribution in [1.29, 1.82) is 0 Å². The van der Waals surface area contributed by atoms with Crippen molar-refractivity contribution in [2.24, 2.45) is 5.73 Å². The van der Waals surface area contributed by atoms with Crippen molar-refractivity contribution >= 4 is 7.82 Å². The van der Waals surface area contributed by atoms with Crippen molar-refractivity contribution in [3.63, 3.8) is 0 Å². The summed E-state index contributed by atoms with van der Waals surface area (Å²) in [4.78, 5) is 16.8. The first-order chi connectivity index (χ1) is 5.27. The highest BCUT2D eigenvalue weighted by Gasteiger charge is 2.28. The molecule has 6 nitrogen and oxygen atoms in total. The van der Waals surface area contributed by atoms with Crippen LogP contribution in [0.3, 0.4) is 0 Å². The second-order valence-corrected chi connectivity index (χ2v) is 3.89. The lowest BCUT2D eigenvalue weighted by Crippen LogP contribution is -2.38. The molecule has 0 radical (unpaired) electrons. The molecule has 5 N–H and O–H groups in total. The molecule has 0 aromatic rings. The third-order valence-corrected chi connectivity index (χ3v) is 1.81. The standard InChI is InChI=1S/C5H14NO5P/c1-5(6,3-2-4-7)11-12(8,9)10/h7H,2-4,6H2,1H3,(H2,8,9,10). The summed E-state index contributed by atoms with van der Waals surface area (Å²) in [5.41, 5.74) is 3.98. The Bertz CT molecular complexity index is 177. The summed E-state index contributed by atoms with van der Waals surface area (Å²) < 4.78 is 14.6. The maximum Gasteiger partial charge on any atom is 0.471 e. The Morgan fingerprint density at radius 1 is 1.58 bits per heavy atom. The zero-order chi connectivity index (χ0) is 9.83. The minimum atomic E-state index is -4.53. The minimum Gasteiger partial charge on any atom is -0.396 e. The predicted molar refractivity (Wildman–Crippen MR) is 42.0 cm³/mol. The van der Waals surface area contributed by atoms with E-state index in [1.165, 1.54) is 6.92 Å². The van der Waals surface area contributed by atoms with E-state index in [2.05, 4.69) is 4.52 Å². The van der Waals surface area contributed by atoms with Gasteiger partial charge in [-0.15, -0.1) is 0 Å². The second kappa shape index (κ2) is 4.32. The average Bonchev–Trinajstić information content (AvgIpc) is 1.78. The van der Waals surface area contributed by atoms with Crippen LogP contribution in [-0.2, 0) is 9.09 Å². The van der Waals surface area contributed by atoms with Crippen LogP contribution >= 0.6 is 7.82 Å². The number of aliphatic hydroxyl groups excluding tert-OH is 1. The van der Waals surface area contributed by atoms with Crippen LogP contribution in [0.2, 0.25) is 0 Å². The SMILES string of the molecule is CC(N)(CCCO)OP(=O)(O)O. The zero-order valence-electron chi connectivity index (χ0n) is 6.80. The number of rotatable bonds is 5. The van der Waals surface area contributed by atoms with Crippen LogP contribution in [0.1, 0.15) is 19.8 Å². The molecular weight excluding hydrogens is 185 g/mol. The summed E-state index contributed by atoms with van der Waals surface area (Å²) in [6, 6.07) is 0. The molecule has 12 heavy (non-hydrogen) atoms. The van der Waals surface area contributed by atoms with Crippen LogP contribution in [0.15, 0.2) is 0 Å². The zero-order valence-corrected chi connectivity index (χ0v) is 7.70. The van der Waals surface area contributed by atoms with Crippen molar-refractivity contribution in [2.45, 2.75) is 25.5 Å². The number of nitrogens with two attached hydrogens (primary N) is 1. The lowest BCUT2D eigenvalue weighted by molar-refractivity contribution is 0.0417. The fourth-order valence-corrected chi connectivity index (χ4v) is 1.38. The van der Waals surface area contributed by atoms with Gasteiger partial charge in [-0.1, -0.05) is 0 Å². The van der Waals surface area contributed by atoms with Gasteiger partial charge in [0.25, 0.3) is 0 Å². The van der Waals surface area contributed by atoms with E-state index in [0.29, 0.717) is 6.42 Å². The van der Waals surface area contributed by atoms with E-state index in [9.17, 15) is 4.57 Å². The van der Waals surface area contributed by atoms with Crippen LogP contribution < -0.4 is 5.73 Å². The molecule has 1 unspecified atom stereocenters. The lowest BCUT2D eigenvalue weighted by atomic mass is 10.1. The van der Waals surface area contributed by atoms with Gasteiger partial charge in [0.2, 0.25) is 0 Å². The molecule has 0 amide bonds. The molecule has 0 spiro atoms. The molecule has 0 saturated carbocycles. The van der Waals surface area contributed by atoms with Crippen LogP contribution in [0.4, 0.5) is 0 Å². The Morgan fingerprint density at radius 2 is 2.08 bits per heavy atom. The third-order valence-electron chi connectivity index (χ3n) is 1.16. The van der Waals surface area contributed by atoms with Crippen molar-refractivity contribution in [3.8, 4) is 0 Å². The van der Waals surface area contributed by atoms with E-state index in [0.717, 1.165) is 0 Å². The molecule has 7 heteroatoms. The summed E-state index contributed by atoms with van der Waals surface area (Å²) in [6.07, 6.45) is 0.529. The Hall–Kier alpha value is 0.0300. The molecule has 0 aliphatic rings. The molecule has 0 heterocycles. The van der Waals surface area contributed by atoms with Gasteiger partial charge in [-0.3, -0.25) is 4.52 Å². The van der Waals surface area contributed by atoms with Gasteiger partial charge in [0.05, 0.1) is 0 Å². The quantitative estimate of drug-likeness (QED) is 0.352. The van der Waals surface area contributed by atoms with E-state index < -0.39 is 13.5 Å². The molecule has 0 fully saturated rings. The Labute approximate surface area is 70.6 Å². The predicted octanol–water partition coefficient (Wildman–Crippen LogP) is -0.457. The monoisotopic (exact) mass is 199 g/mol. The summed E-state index contributed by atoms with van der Waals surface area (Å²) in [5.74, 6) is 0. The van der Waals surface area contributed by atoms with Gasteiger partial charge in [-0.2, -0.15) is 0 Å². The second-order valence-electron chi connectivity index (χ2n) is 2.72. The van der Waals surface area contributed by atoms with E-state index in [1.807, 2.05) is 0 Å². The van der Waals surface area contributed by atoms with Gasteiger partial charge in [0.1, 0.15) is 5.72 Å². The summed E-state index contributed by atoms with van der Waals surface area (Å²) in [7, 11) is -4.53. The lowest BCUT2D eigenvalue weighted by Gasteiger charge is -2.24. The van der Waals surface area contributed by atoms with E-state index in [-0.39, 0.29) is 13.0 Å².